The number of ether oxygens (including phenoxy) is 2. The van der Waals surface area contributed by atoms with Crippen LogP contribution in [0.3, 0.4) is 0 Å². The Morgan fingerprint density at radius 2 is 1.08 bits per heavy atom. The Morgan fingerprint density at radius 3 is 1.60 bits per heavy atom. The van der Waals surface area contributed by atoms with Gasteiger partial charge in [0.1, 0.15) is 12.6 Å². The predicted molar refractivity (Wildman–Crippen MR) is 189 cm³/mol. The van der Waals surface area contributed by atoms with Gasteiger partial charge in [-0.25, -0.2) is 4.57 Å². The van der Waals surface area contributed by atoms with Crippen molar-refractivity contribution in [2.75, 3.05) is 19.8 Å². The zero-order valence-electron chi connectivity index (χ0n) is 30.1. The molecule has 3 atom stereocenters. The van der Waals surface area contributed by atoms with E-state index in [9.17, 15) is 23.8 Å². The molecule has 12 heteroatoms. The highest BCUT2D eigenvalue weighted by Crippen LogP contribution is 2.43. The molecule has 48 heavy (non-hydrogen) atoms. The van der Waals surface area contributed by atoms with Crippen molar-refractivity contribution in [1.29, 1.82) is 0 Å². The van der Waals surface area contributed by atoms with Gasteiger partial charge in [0.2, 0.25) is 0 Å². The molecule has 0 saturated heterocycles. The molecule has 0 saturated carbocycles. The van der Waals surface area contributed by atoms with Crippen molar-refractivity contribution in [3.63, 3.8) is 0 Å². The van der Waals surface area contributed by atoms with Crippen LogP contribution in [0.15, 0.2) is 12.2 Å². The number of phosphoric acid groups is 1. The van der Waals surface area contributed by atoms with Gasteiger partial charge >= 0.3 is 25.7 Å². The molecule has 0 amide bonds. The number of hydrogen-bond donors (Lipinski definition) is 3. The maximum atomic E-state index is 12.5. The summed E-state index contributed by atoms with van der Waals surface area (Å²) < 4.78 is 32.4. The quantitative estimate of drug-likeness (QED) is 0.0249. The molecule has 0 bridgehead atoms. The van der Waals surface area contributed by atoms with E-state index in [0.29, 0.717) is 12.8 Å². The first-order chi connectivity index (χ1) is 23.1. The summed E-state index contributed by atoms with van der Waals surface area (Å²) in [5.74, 6) is -2.44. The maximum absolute atomic E-state index is 12.5. The molecule has 0 aliphatic carbocycles. The van der Waals surface area contributed by atoms with Crippen molar-refractivity contribution in [1.82, 2.24) is 0 Å². The number of hydrogen-bond acceptors (Lipinski definition) is 9. The molecule has 0 aromatic carbocycles. The molecule has 0 heterocycles. The van der Waals surface area contributed by atoms with Crippen LogP contribution in [0.5, 0.6) is 0 Å². The molecule has 0 radical (unpaired) electrons. The Bertz CT molecular complexity index is 885. The molecular formula is C36H68NO10P. The number of carbonyl (C=O) groups is 3. The van der Waals surface area contributed by atoms with Crippen LogP contribution in [-0.4, -0.2) is 59.9 Å². The number of carboxylic acid groups (broad SMARTS) is 1. The molecule has 1 unspecified atom stereocenters. The summed E-state index contributed by atoms with van der Waals surface area (Å²) in [6, 6.07) is -1.52. The number of carboxylic acids is 1. The largest absolute Gasteiger partial charge is 0.480 e. The first kappa shape index (κ1) is 46.2. The number of unbranched alkanes of at least 4 members (excludes halogenated alkanes) is 19. The third-order valence-electron chi connectivity index (χ3n) is 8.03. The Kier molecular flexibility index (Phi) is 31.2. The van der Waals surface area contributed by atoms with Gasteiger partial charge in [-0.3, -0.25) is 23.4 Å². The minimum atomic E-state index is -4.71. The molecule has 282 valence electrons. The molecule has 11 nitrogen and oxygen atoms in total. The van der Waals surface area contributed by atoms with Crippen molar-refractivity contribution in [3.05, 3.63) is 12.2 Å². The standard InChI is InChI=1S/C36H68NO10P/c1-3-5-7-9-11-13-14-15-16-17-18-20-21-23-25-27-34(38)44-29-32(30-45-48(42,43)46-31-33(37)36(40)41)47-35(39)28-26-24-22-19-12-10-8-6-4-2/h21,23,32-33H,3-20,22,24-31,37H2,1-2H3,(H,40,41)(H,42,43)/b23-21+/t32-,33+/m0/s1. The minimum absolute atomic E-state index is 0.142. The minimum Gasteiger partial charge on any atom is -0.480 e. The van der Waals surface area contributed by atoms with Crippen LogP contribution in [-0.2, 0) is 37.5 Å². The third kappa shape index (κ3) is 31.5. The average molecular weight is 706 g/mol. The van der Waals surface area contributed by atoms with Gasteiger partial charge in [-0.1, -0.05) is 142 Å². The average Bonchev–Trinajstić information content (AvgIpc) is 3.05. The van der Waals surface area contributed by atoms with Gasteiger partial charge in [-0.05, 0) is 25.7 Å². The summed E-state index contributed by atoms with van der Waals surface area (Å²) in [7, 11) is -4.71. The summed E-state index contributed by atoms with van der Waals surface area (Å²) in [5.41, 5.74) is 5.30. The van der Waals surface area contributed by atoms with Crippen LogP contribution in [0.25, 0.3) is 0 Å². The fourth-order valence-electron chi connectivity index (χ4n) is 5.02. The normalized spacial score (nSPS) is 14.1. The second-order valence-corrected chi connectivity index (χ2v) is 14.2. The van der Waals surface area contributed by atoms with Crippen molar-refractivity contribution in [2.24, 2.45) is 5.73 Å². The van der Waals surface area contributed by atoms with Crippen molar-refractivity contribution < 1.29 is 47.5 Å². The number of allylic oxidation sites excluding steroid dienone is 2. The SMILES string of the molecule is CCCCCCCCCCCCC/C=C/CCC(=O)OC[C@@H](COP(=O)(O)OC[C@@H](N)C(=O)O)OC(=O)CCCCCCCCCCC. The van der Waals surface area contributed by atoms with Crippen LogP contribution < -0.4 is 5.73 Å². The number of carbonyl (C=O) groups excluding carboxylic acids is 2. The zero-order chi connectivity index (χ0) is 35.7. The summed E-state index contributed by atoms with van der Waals surface area (Å²) in [5, 5.41) is 8.84. The maximum Gasteiger partial charge on any atom is 0.472 e. The summed E-state index contributed by atoms with van der Waals surface area (Å²) >= 11 is 0. The van der Waals surface area contributed by atoms with Crippen LogP contribution in [0.2, 0.25) is 0 Å². The van der Waals surface area contributed by atoms with Gasteiger partial charge < -0.3 is 25.2 Å². The van der Waals surface area contributed by atoms with E-state index in [0.717, 1.165) is 32.1 Å². The van der Waals surface area contributed by atoms with Crippen molar-refractivity contribution >= 4 is 25.7 Å². The van der Waals surface area contributed by atoms with Gasteiger partial charge in [0.05, 0.1) is 13.2 Å². The van der Waals surface area contributed by atoms with Crippen LogP contribution in [0, 0.1) is 0 Å². The first-order valence-corrected chi connectivity index (χ1v) is 20.2. The highest BCUT2D eigenvalue weighted by molar-refractivity contribution is 7.47. The lowest BCUT2D eigenvalue weighted by atomic mass is 10.1. The van der Waals surface area contributed by atoms with E-state index in [-0.39, 0.29) is 19.4 Å². The molecule has 0 aliphatic heterocycles. The Balaban J connectivity index is 4.44. The fraction of sp³-hybridized carbons (Fsp3) is 0.861. The molecule has 0 rings (SSSR count). The van der Waals surface area contributed by atoms with E-state index in [1.54, 1.807) is 0 Å². The number of rotatable bonds is 35. The van der Waals surface area contributed by atoms with E-state index >= 15 is 0 Å². The predicted octanol–water partition coefficient (Wildman–Crippen LogP) is 8.95. The summed E-state index contributed by atoms with van der Waals surface area (Å²) in [4.78, 5) is 45.6. The van der Waals surface area contributed by atoms with E-state index in [1.165, 1.54) is 96.3 Å². The third-order valence-corrected chi connectivity index (χ3v) is 8.98. The smallest absolute Gasteiger partial charge is 0.472 e. The number of nitrogens with two attached hydrogens (primary N) is 1. The van der Waals surface area contributed by atoms with Gasteiger partial charge in [-0.2, -0.15) is 0 Å². The van der Waals surface area contributed by atoms with E-state index < -0.39 is 51.1 Å². The van der Waals surface area contributed by atoms with E-state index in [1.807, 2.05) is 6.08 Å². The molecular weight excluding hydrogens is 637 g/mol. The number of phosphoric ester groups is 1. The lowest BCUT2D eigenvalue weighted by Crippen LogP contribution is -2.34. The fourth-order valence-corrected chi connectivity index (χ4v) is 5.80. The summed E-state index contributed by atoms with van der Waals surface area (Å²) in [6.07, 6.45) is 28.8. The topological polar surface area (TPSA) is 172 Å². The first-order valence-electron chi connectivity index (χ1n) is 18.7. The molecule has 0 aromatic heterocycles. The number of esters is 2. The van der Waals surface area contributed by atoms with E-state index in [2.05, 4.69) is 24.4 Å². The van der Waals surface area contributed by atoms with Gasteiger partial charge in [0.15, 0.2) is 6.10 Å². The van der Waals surface area contributed by atoms with Gasteiger partial charge in [0, 0.05) is 12.8 Å². The highest BCUT2D eigenvalue weighted by Gasteiger charge is 2.28. The van der Waals surface area contributed by atoms with Crippen LogP contribution in [0.1, 0.15) is 168 Å². The summed E-state index contributed by atoms with van der Waals surface area (Å²) in [6.45, 7) is 2.72. The second kappa shape index (κ2) is 32.4. The van der Waals surface area contributed by atoms with E-state index in [4.69, 9.17) is 24.8 Å². The molecule has 4 N–H and O–H groups in total. The number of aliphatic carboxylic acids is 1. The molecule has 0 fully saturated rings. The van der Waals surface area contributed by atoms with Crippen LogP contribution in [0.4, 0.5) is 0 Å². The van der Waals surface area contributed by atoms with Crippen molar-refractivity contribution in [2.45, 2.75) is 180 Å². The molecule has 0 spiro atoms. The monoisotopic (exact) mass is 705 g/mol. The van der Waals surface area contributed by atoms with Crippen molar-refractivity contribution in [3.8, 4) is 0 Å². The molecule has 0 aromatic rings. The second-order valence-electron chi connectivity index (χ2n) is 12.7. The molecule has 0 aliphatic rings. The lowest BCUT2D eigenvalue weighted by molar-refractivity contribution is -0.161. The van der Waals surface area contributed by atoms with Gasteiger partial charge in [0.25, 0.3) is 0 Å². The Morgan fingerprint density at radius 1 is 0.625 bits per heavy atom. The zero-order valence-corrected chi connectivity index (χ0v) is 31.0. The lowest BCUT2D eigenvalue weighted by Gasteiger charge is -2.20. The Labute approximate surface area is 290 Å². The van der Waals surface area contributed by atoms with Gasteiger partial charge in [-0.15, -0.1) is 0 Å². The Hall–Kier alpha value is -1.78. The van der Waals surface area contributed by atoms with Crippen LogP contribution >= 0.6 is 7.82 Å². The highest BCUT2D eigenvalue weighted by atomic mass is 31.2.